The predicted octanol–water partition coefficient (Wildman–Crippen LogP) is 4.48. The van der Waals surface area contributed by atoms with E-state index in [4.69, 9.17) is 5.73 Å². The molecule has 0 radical (unpaired) electrons. The number of carbonyl (C=O) groups excluding carboxylic acids is 2. The molecule has 0 aromatic heterocycles. The Morgan fingerprint density at radius 3 is 2.32 bits per heavy atom. The summed E-state index contributed by atoms with van der Waals surface area (Å²) in [7, 11) is 0. The summed E-state index contributed by atoms with van der Waals surface area (Å²) in [4.78, 5) is 27.3. The lowest BCUT2D eigenvalue weighted by Crippen LogP contribution is -2.43. The first-order chi connectivity index (χ1) is 15.0. The number of halogens is 1. The smallest absolute Gasteiger partial charge is 0.254 e. The maximum Gasteiger partial charge on any atom is 0.254 e. The summed E-state index contributed by atoms with van der Waals surface area (Å²) < 4.78 is 13.7. The predicted molar refractivity (Wildman–Crippen MR) is 119 cm³/mol. The van der Waals surface area contributed by atoms with Crippen LogP contribution in [-0.4, -0.2) is 28.8 Å². The summed E-state index contributed by atoms with van der Waals surface area (Å²) in [5.74, 6) is -0.359. The van der Waals surface area contributed by atoms with Gasteiger partial charge in [0.1, 0.15) is 5.82 Å². The zero-order valence-electron chi connectivity index (χ0n) is 17.7. The molecule has 0 spiro atoms. The van der Waals surface area contributed by atoms with Crippen molar-refractivity contribution in [3.05, 3.63) is 65.5 Å². The molecule has 6 heteroatoms. The van der Waals surface area contributed by atoms with Crippen molar-refractivity contribution in [3.8, 4) is 0 Å². The molecule has 0 bridgehead atoms. The van der Waals surface area contributed by atoms with Gasteiger partial charge in [0.15, 0.2) is 0 Å². The van der Waals surface area contributed by atoms with Gasteiger partial charge in [-0.1, -0.05) is 24.6 Å². The van der Waals surface area contributed by atoms with E-state index in [1.54, 1.807) is 12.1 Å². The Bertz CT molecular complexity index is 919. The topological polar surface area (TPSA) is 75.4 Å². The third-order valence-corrected chi connectivity index (χ3v) is 6.56. The van der Waals surface area contributed by atoms with Crippen LogP contribution >= 0.6 is 0 Å². The van der Waals surface area contributed by atoms with Gasteiger partial charge in [0.2, 0.25) is 5.91 Å². The molecule has 4 rings (SSSR count). The average Bonchev–Trinajstić information content (AvgIpc) is 2.72. The number of nitrogens with one attached hydrogen (secondary N) is 1. The molecule has 2 aromatic carbocycles. The highest BCUT2D eigenvalue weighted by Gasteiger charge is 2.29. The van der Waals surface area contributed by atoms with Crippen LogP contribution in [0.5, 0.6) is 0 Å². The lowest BCUT2D eigenvalue weighted by Gasteiger charge is -2.36. The monoisotopic (exact) mass is 423 g/mol. The van der Waals surface area contributed by atoms with Gasteiger partial charge in [-0.2, -0.15) is 0 Å². The van der Waals surface area contributed by atoms with Crippen LogP contribution < -0.4 is 11.1 Å². The molecule has 0 saturated heterocycles. The van der Waals surface area contributed by atoms with Gasteiger partial charge in [-0.3, -0.25) is 9.59 Å². The van der Waals surface area contributed by atoms with Crippen molar-refractivity contribution in [2.45, 2.75) is 63.6 Å². The van der Waals surface area contributed by atoms with Gasteiger partial charge in [-0.25, -0.2) is 4.39 Å². The standard InChI is InChI=1S/C25H30FN3O2/c26-20-6-2-5-19(15-20)25(31)29(23-13-9-21(27)10-14-23)16-17-7-11-22(12-8-17)28-24(30)18-3-1-4-18/h2,5-8,11-12,15,18,21,23H,1,3-4,9-10,13-14,16,27H2,(H,28,30). The van der Waals surface area contributed by atoms with E-state index in [-0.39, 0.29) is 29.8 Å². The van der Waals surface area contributed by atoms with Crippen LogP contribution in [-0.2, 0) is 11.3 Å². The maximum absolute atomic E-state index is 13.7. The summed E-state index contributed by atoms with van der Waals surface area (Å²) in [6, 6.07) is 13.8. The molecule has 0 aliphatic heterocycles. The first-order valence-corrected chi connectivity index (χ1v) is 11.2. The minimum atomic E-state index is -0.414. The van der Waals surface area contributed by atoms with Crippen molar-refractivity contribution >= 4 is 17.5 Å². The van der Waals surface area contributed by atoms with Gasteiger partial charge in [0, 0.05) is 35.8 Å². The second kappa shape index (κ2) is 9.60. The molecule has 2 aliphatic rings. The second-order valence-corrected chi connectivity index (χ2v) is 8.83. The van der Waals surface area contributed by atoms with Crippen molar-refractivity contribution in [2.24, 2.45) is 11.7 Å². The lowest BCUT2D eigenvalue weighted by molar-refractivity contribution is -0.122. The molecule has 5 nitrogen and oxygen atoms in total. The van der Waals surface area contributed by atoms with Crippen LogP contribution in [0.2, 0.25) is 0 Å². The molecule has 164 valence electrons. The average molecular weight is 424 g/mol. The quantitative estimate of drug-likeness (QED) is 0.719. The maximum atomic E-state index is 13.7. The first-order valence-electron chi connectivity index (χ1n) is 11.2. The highest BCUT2D eigenvalue weighted by atomic mass is 19.1. The molecular formula is C25H30FN3O2. The van der Waals surface area contributed by atoms with E-state index < -0.39 is 5.82 Å². The molecule has 2 aliphatic carbocycles. The van der Waals surface area contributed by atoms with E-state index in [0.717, 1.165) is 56.2 Å². The zero-order chi connectivity index (χ0) is 21.8. The Hall–Kier alpha value is -2.73. The number of nitrogens with zero attached hydrogens (tertiary/aromatic N) is 1. The first kappa shape index (κ1) is 21.5. The summed E-state index contributed by atoms with van der Waals surface area (Å²) >= 11 is 0. The Balaban J connectivity index is 1.48. The minimum absolute atomic E-state index is 0.0774. The van der Waals surface area contributed by atoms with Crippen LogP contribution in [0.15, 0.2) is 48.5 Å². The van der Waals surface area contributed by atoms with Crippen molar-refractivity contribution in [3.63, 3.8) is 0 Å². The van der Waals surface area contributed by atoms with E-state index in [1.165, 1.54) is 12.1 Å². The number of hydrogen-bond acceptors (Lipinski definition) is 3. The molecule has 2 fully saturated rings. The third-order valence-electron chi connectivity index (χ3n) is 6.56. The number of rotatable bonds is 6. The molecule has 2 amide bonds. The molecule has 2 saturated carbocycles. The van der Waals surface area contributed by atoms with Crippen molar-refractivity contribution in [1.29, 1.82) is 0 Å². The fourth-order valence-electron chi connectivity index (χ4n) is 4.37. The molecule has 0 unspecified atom stereocenters. The van der Waals surface area contributed by atoms with Crippen LogP contribution in [0.25, 0.3) is 0 Å². The van der Waals surface area contributed by atoms with Gasteiger partial charge in [0.05, 0.1) is 0 Å². The van der Waals surface area contributed by atoms with E-state index >= 15 is 0 Å². The number of hydrogen-bond donors (Lipinski definition) is 2. The van der Waals surface area contributed by atoms with Crippen LogP contribution in [0.1, 0.15) is 60.9 Å². The van der Waals surface area contributed by atoms with Crippen LogP contribution in [0.4, 0.5) is 10.1 Å². The Kier molecular flexibility index (Phi) is 6.66. The van der Waals surface area contributed by atoms with Crippen LogP contribution in [0.3, 0.4) is 0 Å². The minimum Gasteiger partial charge on any atom is -0.331 e. The van der Waals surface area contributed by atoms with Gasteiger partial charge in [-0.15, -0.1) is 0 Å². The largest absolute Gasteiger partial charge is 0.331 e. The van der Waals surface area contributed by atoms with Gasteiger partial charge >= 0.3 is 0 Å². The molecule has 31 heavy (non-hydrogen) atoms. The second-order valence-electron chi connectivity index (χ2n) is 8.83. The Morgan fingerprint density at radius 1 is 1.00 bits per heavy atom. The Labute approximate surface area is 182 Å². The van der Waals surface area contributed by atoms with E-state index in [0.29, 0.717) is 12.1 Å². The summed E-state index contributed by atoms with van der Waals surface area (Å²) in [5, 5.41) is 2.97. The number of benzene rings is 2. The SMILES string of the molecule is NC1CCC(N(Cc2ccc(NC(=O)C3CCC3)cc2)C(=O)c2cccc(F)c2)CC1. The number of carbonyl (C=O) groups is 2. The normalized spacial score (nSPS) is 21.2. The fourth-order valence-corrected chi connectivity index (χ4v) is 4.37. The Morgan fingerprint density at radius 2 is 1.71 bits per heavy atom. The van der Waals surface area contributed by atoms with E-state index in [9.17, 15) is 14.0 Å². The van der Waals surface area contributed by atoms with E-state index in [1.807, 2.05) is 29.2 Å². The summed E-state index contributed by atoms with van der Waals surface area (Å²) in [5.41, 5.74) is 8.17. The molecular weight excluding hydrogens is 393 g/mol. The zero-order valence-corrected chi connectivity index (χ0v) is 17.7. The van der Waals surface area contributed by atoms with Gasteiger partial charge in [0.25, 0.3) is 5.91 Å². The molecule has 2 aromatic rings. The van der Waals surface area contributed by atoms with E-state index in [2.05, 4.69) is 5.32 Å². The van der Waals surface area contributed by atoms with Gasteiger partial charge in [-0.05, 0) is 74.4 Å². The lowest BCUT2D eigenvalue weighted by atomic mass is 9.85. The number of amides is 2. The van der Waals surface area contributed by atoms with Crippen molar-refractivity contribution < 1.29 is 14.0 Å². The van der Waals surface area contributed by atoms with Gasteiger partial charge < -0.3 is 16.0 Å². The summed E-state index contributed by atoms with van der Waals surface area (Å²) in [6.07, 6.45) is 6.50. The molecule has 3 N–H and O–H groups in total. The highest BCUT2D eigenvalue weighted by Crippen LogP contribution is 2.28. The van der Waals surface area contributed by atoms with Crippen LogP contribution in [0, 0.1) is 11.7 Å². The number of nitrogens with two attached hydrogens (primary N) is 1. The third kappa shape index (κ3) is 5.31. The molecule has 0 atom stereocenters. The molecule has 0 heterocycles. The number of anilines is 1. The van der Waals surface area contributed by atoms with Crippen molar-refractivity contribution in [1.82, 2.24) is 4.90 Å². The van der Waals surface area contributed by atoms with Crippen molar-refractivity contribution in [2.75, 3.05) is 5.32 Å². The fraction of sp³-hybridized carbons (Fsp3) is 0.440. The summed E-state index contributed by atoms with van der Waals surface area (Å²) in [6.45, 7) is 0.437. The highest BCUT2D eigenvalue weighted by molar-refractivity contribution is 5.94.